The van der Waals surface area contributed by atoms with Gasteiger partial charge in [-0.1, -0.05) is 60.1 Å². The van der Waals surface area contributed by atoms with Crippen molar-refractivity contribution in [1.82, 2.24) is 40.9 Å². The van der Waals surface area contributed by atoms with Crippen LogP contribution in [0.25, 0.3) is 0 Å². The molecule has 35 heteroatoms. The third-order valence-corrected chi connectivity index (χ3v) is 23.0. The van der Waals surface area contributed by atoms with Crippen molar-refractivity contribution >= 4 is 108 Å². The van der Waals surface area contributed by atoms with Gasteiger partial charge in [-0.25, -0.2) is 9.59 Å². The number of amides is 4. The first-order valence-corrected chi connectivity index (χ1v) is 35.8. The topological polar surface area (TPSA) is 516 Å². The van der Waals surface area contributed by atoms with Crippen LogP contribution in [0.2, 0.25) is 10.1 Å². The van der Waals surface area contributed by atoms with Gasteiger partial charge in [0.1, 0.15) is 35.5 Å². The van der Waals surface area contributed by atoms with Crippen molar-refractivity contribution in [3.8, 4) is 0 Å². The van der Waals surface area contributed by atoms with Gasteiger partial charge in [-0.15, -0.1) is 0 Å². The number of carboxylic acid groups (broad SMARTS) is 9. The molecule has 13 N–H and O–H groups in total. The first-order chi connectivity index (χ1) is 47.5. The van der Waals surface area contributed by atoms with Gasteiger partial charge in [-0.3, -0.25) is 86.7 Å². The molecule has 0 bridgehead atoms. The molecule has 0 radical (unpaired) electrons. The number of rotatable bonds is 47. The summed E-state index contributed by atoms with van der Waals surface area (Å²) in [5.41, 5.74) is 0.0713. The molecular formula is C67H103FN8O25Si. The quantitative estimate of drug-likeness (QED) is 0.0253. The summed E-state index contributed by atoms with van der Waals surface area (Å²) < 4.78 is 17.2. The third kappa shape index (κ3) is 33.4. The monoisotopic (exact) mass is 1470 g/mol. The second-order valence-electron chi connectivity index (χ2n) is 27.8. The molecule has 1 aromatic carbocycles. The highest BCUT2D eigenvalue weighted by Gasteiger charge is 2.56. The van der Waals surface area contributed by atoms with Crippen LogP contribution in [0.15, 0.2) is 24.3 Å². The van der Waals surface area contributed by atoms with Gasteiger partial charge in [0.2, 0.25) is 17.7 Å². The van der Waals surface area contributed by atoms with Crippen molar-refractivity contribution in [3.63, 3.8) is 0 Å². The number of aliphatic carboxylic acids is 9. The Kier molecular flexibility index (Phi) is 38.5. The number of nitrogens with zero attached hydrogens (tertiary/aromatic N) is 4. The van der Waals surface area contributed by atoms with E-state index in [0.717, 1.165) is 0 Å². The third-order valence-electron chi connectivity index (χ3n) is 17.7. The van der Waals surface area contributed by atoms with Gasteiger partial charge in [0, 0.05) is 129 Å². The van der Waals surface area contributed by atoms with E-state index in [4.69, 9.17) is 5.11 Å². The Hall–Kier alpha value is -8.67. The molecule has 572 valence electrons. The van der Waals surface area contributed by atoms with E-state index in [1.807, 2.05) is 41.5 Å². The molecule has 1 fully saturated rings. The van der Waals surface area contributed by atoms with Crippen LogP contribution < -0.4 is 26.5 Å². The van der Waals surface area contributed by atoms with E-state index in [2.05, 4.69) is 21.3 Å². The second kappa shape index (κ2) is 44.0. The van der Waals surface area contributed by atoms with Gasteiger partial charge in [-0.05, 0) is 78.8 Å². The van der Waals surface area contributed by atoms with E-state index in [9.17, 15) is 118 Å². The van der Waals surface area contributed by atoms with Crippen LogP contribution in [0.5, 0.6) is 0 Å². The highest BCUT2D eigenvalue weighted by Crippen LogP contribution is 2.51. The summed E-state index contributed by atoms with van der Waals surface area (Å²) in [6.07, 6.45) is -4.80. The lowest BCUT2D eigenvalue weighted by Gasteiger charge is -2.44. The molecule has 0 aliphatic carbocycles. The highest BCUT2D eigenvalue weighted by molar-refractivity contribution is 6.90. The number of carbonyl (C=O) groups excluding carboxylic acids is 7. The zero-order chi connectivity index (χ0) is 77.2. The molecule has 0 aromatic heterocycles. The van der Waals surface area contributed by atoms with Crippen molar-refractivity contribution in [2.75, 3.05) is 85.1 Å². The van der Waals surface area contributed by atoms with Crippen molar-refractivity contribution in [2.24, 2.45) is 17.8 Å². The molecule has 1 heterocycles. The average Bonchev–Trinajstić information content (AvgIpc) is 0.748. The number of hydrogen-bond acceptors (Lipinski definition) is 20. The Bertz CT molecular complexity index is 3040. The Balaban J connectivity index is 2.15. The second-order valence-corrected chi connectivity index (χ2v) is 32.7. The van der Waals surface area contributed by atoms with E-state index in [0.29, 0.717) is 5.19 Å². The summed E-state index contributed by atoms with van der Waals surface area (Å²) in [7, 11) is -3.76. The predicted octanol–water partition coefficient (Wildman–Crippen LogP) is 2.15. The van der Waals surface area contributed by atoms with Crippen molar-refractivity contribution < 1.29 is 127 Å². The summed E-state index contributed by atoms with van der Waals surface area (Å²) in [5, 5.41) is 96.1. The zero-order valence-electron chi connectivity index (χ0n) is 58.9. The van der Waals surface area contributed by atoms with Gasteiger partial charge >= 0.3 is 53.7 Å². The van der Waals surface area contributed by atoms with Crippen LogP contribution in [-0.2, 0) is 71.9 Å². The van der Waals surface area contributed by atoms with Crippen LogP contribution in [0, 0.1) is 17.8 Å². The van der Waals surface area contributed by atoms with Crippen molar-refractivity contribution in [2.45, 2.75) is 185 Å². The predicted molar refractivity (Wildman–Crippen MR) is 364 cm³/mol. The molecule has 0 unspecified atom stereocenters. The molecular weight excluding hydrogens is 1360 g/mol. The largest absolute Gasteiger partial charge is 0.481 e. The Morgan fingerprint density at radius 3 is 1.32 bits per heavy atom. The molecule has 1 saturated heterocycles. The van der Waals surface area contributed by atoms with Crippen LogP contribution in [0.1, 0.15) is 167 Å². The molecule has 102 heavy (non-hydrogen) atoms. The lowest BCUT2D eigenvalue weighted by Crippen LogP contribution is -2.57. The van der Waals surface area contributed by atoms with E-state index >= 15 is 4.11 Å². The number of unbranched alkanes of at least 4 members (excludes halogenated alkanes) is 2. The molecule has 33 nitrogen and oxygen atoms in total. The molecule has 1 aliphatic rings. The molecule has 1 aromatic rings. The Morgan fingerprint density at radius 2 is 0.882 bits per heavy atom. The smallest absolute Gasteiger partial charge is 0.326 e. The summed E-state index contributed by atoms with van der Waals surface area (Å²) in [6.45, 7) is 8.94. The van der Waals surface area contributed by atoms with Gasteiger partial charge in [0.05, 0.1) is 37.4 Å². The number of halogens is 1. The number of carbonyl (C=O) groups is 16. The van der Waals surface area contributed by atoms with E-state index in [1.165, 1.54) is 43.9 Å². The number of carboxylic acids is 9. The minimum absolute atomic E-state index is 0.0163. The van der Waals surface area contributed by atoms with Gasteiger partial charge in [0.25, 0.3) is 14.3 Å². The minimum atomic E-state index is -3.76. The van der Waals surface area contributed by atoms with Crippen LogP contribution >= 0.6 is 0 Å². The van der Waals surface area contributed by atoms with E-state index in [-0.39, 0.29) is 141 Å². The SMILES string of the molecule is CC(C)(C)[Si](F)(c1ccc(C(=O)NC[C@@H](CC(=O)CC[C@H](C(=O)O)N2CCN(CC(=O)O)CCN(CC(=O)O)CCN(CC(=O)O)CC2)C(=O)N[C@@H](CCCCNC(=O)CCC(=O)CCCC[C@H](NC(=O)CC[C@H](CC(=O)C[C@@H](CCC(=O)O)C(=O)O)C(=O)O)C(=O)O)C(=O)O)cc1)C(C)(C)C. The Labute approximate surface area is 591 Å². The van der Waals surface area contributed by atoms with Crippen LogP contribution in [-0.4, -0.2) is 272 Å². The summed E-state index contributed by atoms with van der Waals surface area (Å²) >= 11 is 0. The number of ketones is 3. The molecule has 0 saturated carbocycles. The standard InChI is InChI=1S/C67H103FN8O25Si/c1-66(2,3)102(68,67(4,5)6)49-20-14-42(15-21-49)59(90)70-38-45(37-47(78)18-22-52(65(100)101)76-33-31-74(40-57(86)87)29-27-73(39-56(84)85)28-30-75(32-34-76)41-58(88)89)60(91)72-51(64(98)99)13-9-10-26-69-53(80)24-19-46(77)11-7-8-12-50(63(96)97)71-54(81)23-16-43(61(92)93)35-48(79)36-44(62(94)95)17-25-55(82)83/h14-15,20-21,43-45,50-52H,7-13,16-19,22-41H2,1-6H3,(H,69,80)(H,70,90)(H,71,81)(H,72,91)(H,82,83)(H,84,85)(H,86,87)(H,88,89)(H,92,93)(H,94,95)(H,96,97)(H,98,99)(H,100,101)/t43-,44-,45-,50+,51+,52-/m1/s1. The van der Waals surface area contributed by atoms with Crippen molar-refractivity contribution in [3.05, 3.63) is 29.8 Å². The maximum Gasteiger partial charge on any atom is 0.326 e. The fourth-order valence-corrected chi connectivity index (χ4v) is 16.8. The van der Waals surface area contributed by atoms with Crippen molar-refractivity contribution in [1.29, 1.82) is 0 Å². The maximum atomic E-state index is 17.2. The van der Waals surface area contributed by atoms with Gasteiger partial charge in [-0.2, -0.15) is 0 Å². The number of nitrogens with one attached hydrogen (secondary N) is 4. The minimum Gasteiger partial charge on any atom is -0.481 e. The summed E-state index contributed by atoms with van der Waals surface area (Å²) in [6, 6.07) is 1.51. The molecule has 6 atom stereocenters. The number of Topliss-reactive ketones (excluding diaryl/α,β-unsaturated/α-hetero) is 3. The first kappa shape index (κ1) is 89.4. The summed E-state index contributed by atoms with van der Waals surface area (Å²) in [4.78, 5) is 206. The van der Waals surface area contributed by atoms with Crippen LogP contribution in [0.3, 0.4) is 0 Å². The molecule has 2 rings (SSSR count). The zero-order valence-corrected chi connectivity index (χ0v) is 59.9. The van der Waals surface area contributed by atoms with Crippen LogP contribution in [0.4, 0.5) is 4.11 Å². The number of hydrogen-bond donors (Lipinski definition) is 13. The van der Waals surface area contributed by atoms with Gasteiger partial charge in [0.15, 0.2) is 0 Å². The lowest BCUT2D eigenvalue weighted by atomic mass is 9.90. The summed E-state index contributed by atoms with van der Waals surface area (Å²) in [5.74, 6) is -21.2. The average molecular weight is 1470 g/mol. The normalized spacial score (nSPS) is 15.8. The van der Waals surface area contributed by atoms with E-state index in [1.54, 1.807) is 0 Å². The molecule has 0 spiro atoms. The lowest BCUT2D eigenvalue weighted by molar-refractivity contribution is -0.147. The maximum absolute atomic E-state index is 17.2. The molecule has 4 amide bonds. The van der Waals surface area contributed by atoms with E-state index < -0.39 is 214 Å². The fraction of sp³-hybridized carbons (Fsp3) is 0.672. The first-order valence-electron chi connectivity index (χ1n) is 34.0. The Morgan fingerprint density at radius 1 is 0.431 bits per heavy atom. The van der Waals surface area contributed by atoms with Gasteiger partial charge < -0.3 is 71.3 Å². The molecule has 1 aliphatic heterocycles. The fourth-order valence-electron chi connectivity index (χ4n) is 12.2. The number of benzene rings is 1. The highest BCUT2D eigenvalue weighted by atomic mass is 28.4.